The normalized spacial score (nSPS) is 43.4. The minimum Gasteiger partial charge on any atom is -0.431 e. The van der Waals surface area contributed by atoms with Gasteiger partial charge in [-0.1, -0.05) is 0 Å². The van der Waals surface area contributed by atoms with E-state index in [2.05, 4.69) is 0 Å². The molecular formula is C8H12O5. The molecule has 0 saturated carbocycles. The molecule has 0 aromatic carbocycles. The Bertz CT molecular complexity index is 215. The Kier molecular flexibility index (Phi) is 2.23. The number of fused-ring (bicyclic) bond motifs is 2. The van der Waals surface area contributed by atoms with Gasteiger partial charge < -0.3 is 18.9 Å². The van der Waals surface area contributed by atoms with Crippen LogP contribution in [0.25, 0.3) is 0 Å². The molecule has 0 amide bonds. The van der Waals surface area contributed by atoms with Gasteiger partial charge in [0.25, 0.3) is 0 Å². The molecule has 5 heteroatoms. The summed E-state index contributed by atoms with van der Waals surface area (Å²) in [6.07, 6.45) is -0.883. The van der Waals surface area contributed by atoms with E-state index >= 15 is 0 Å². The fourth-order valence-electron chi connectivity index (χ4n) is 1.74. The van der Waals surface area contributed by atoms with Crippen LogP contribution < -0.4 is 0 Å². The Morgan fingerprint density at radius 1 is 1.38 bits per heavy atom. The summed E-state index contributed by atoms with van der Waals surface area (Å²) in [6.45, 7) is 0. The first kappa shape index (κ1) is 8.93. The van der Waals surface area contributed by atoms with Gasteiger partial charge in [-0.25, -0.2) is 4.79 Å². The highest BCUT2D eigenvalue weighted by molar-refractivity contribution is 5.77. The molecule has 2 rings (SSSR count). The fourth-order valence-corrected chi connectivity index (χ4v) is 1.74. The zero-order valence-corrected chi connectivity index (χ0v) is 7.56. The topological polar surface area (TPSA) is 54.0 Å². The van der Waals surface area contributed by atoms with Crippen LogP contribution in [-0.2, 0) is 23.7 Å². The second-order valence-electron chi connectivity index (χ2n) is 3.15. The molecule has 0 aromatic heterocycles. The van der Waals surface area contributed by atoms with E-state index in [1.807, 2.05) is 0 Å². The first-order valence-electron chi connectivity index (χ1n) is 4.18. The zero-order chi connectivity index (χ0) is 9.42. The summed E-state index contributed by atoms with van der Waals surface area (Å²) in [5, 5.41) is 0. The summed E-state index contributed by atoms with van der Waals surface area (Å²) in [5.74, 6) is -0.396. The molecule has 2 bridgehead atoms. The van der Waals surface area contributed by atoms with Crippen molar-refractivity contribution in [3.8, 4) is 0 Å². The van der Waals surface area contributed by atoms with Crippen molar-refractivity contribution in [3.63, 3.8) is 0 Å². The standard InChI is InChI=1S/C8H12O5/c1-10-4-3-5-8(11-2)13-7(9)6(4)12-5/h4-6,8H,3H2,1-2H3/t4-,5-,6+,8+/m0/s1. The van der Waals surface area contributed by atoms with E-state index in [1.54, 1.807) is 7.11 Å². The lowest BCUT2D eigenvalue weighted by atomic mass is 10.1. The highest BCUT2D eigenvalue weighted by Gasteiger charge is 2.50. The number of esters is 1. The first-order chi connectivity index (χ1) is 6.26. The van der Waals surface area contributed by atoms with E-state index < -0.39 is 18.4 Å². The maximum absolute atomic E-state index is 11.3. The predicted molar refractivity (Wildman–Crippen MR) is 41.0 cm³/mol. The zero-order valence-electron chi connectivity index (χ0n) is 7.56. The van der Waals surface area contributed by atoms with Gasteiger partial charge >= 0.3 is 5.97 Å². The largest absolute Gasteiger partial charge is 0.431 e. The number of carbonyl (C=O) groups excluding carboxylic acids is 1. The van der Waals surface area contributed by atoms with Gasteiger partial charge in [0.15, 0.2) is 6.10 Å². The molecule has 2 fully saturated rings. The lowest BCUT2D eigenvalue weighted by molar-refractivity contribution is -0.235. The van der Waals surface area contributed by atoms with Gasteiger partial charge in [-0.2, -0.15) is 0 Å². The average molecular weight is 188 g/mol. The van der Waals surface area contributed by atoms with Gasteiger partial charge in [0, 0.05) is 20.6 Å². The Labute approximate surface area is 75.9 Å². The van der Waals surface area contributed by atoms with Crippen molar-refractivity contribution in [1.82, 2.24) is 0 Å². The SMILES string of the molecule is CO[C@@H]1OC(=O)[C@@H]2O[C@H]1C[C@@H]2OC. The van der Waals surface area contributed by atoms with Gasteiger partial charge in [0.05, 0.1) is 6.10 Å². The highest BCUT2D eigenvalue weighted by Crippen LogP contribution is 2.32. The Morgan fingerprint density at radius 2 is 2.15 bits per heavy atom. The summed E-state index contributed by atoms with van der Waals surface area (Å²) in [4.78, 5) is 11.3. The molecule has 2 aliphatic heterocycles. The molecule has 0 aromatic rings. The maximum Gasteiger partial charge on any atom is 0.340 e. The van der Waals surface area contributed by atoms with Gasteiger partial charge in [0.2, 0.25) is 6.29 Å². The number of ether oxygens (including phenoxy) is 4. The second kappa shape index (κ2) is 3.25. The second-order valence-corrected chi connectivity index (χ2v) is 3.15. The van der Waals surface area contributed by atoms with Crippen LogP contribution in [0.2, 0.25) is 0 Å². The molecule has 0 radical (unpaired) electrons. The average Bonchev–Trinajstić information content (AvgIpc) is 2.52. The van der Waals surface area contributed by atoms with Crippen molar-refractivity contribution in [2.45, 2.75) is 31.0 Å². The van der Waals surface area contributed by atoms with E-state index in [1.165, 1.54) is 7.11 Å². The Hall–Kier alpha value is -0.650. The number of hydrogen-bond acceptors (Lipinski definition) is 5. The smallest absolute Gasteiger partial charge is 0.340 e. The monoisotopic (exact) mass is 188 g/mol. The molecule has 74 valence electrons. The minimum absolute atomic E-state index is 0.183. The number of rotatable bonds is 2. The van der Waals surface area contributed by atoms with Crippen LogP contribution in [0.1, 0.15) is 6.42 Å². The predicted octanol–water partition coefficient (Wildman–Crippen LogP) is -0.312. The summed E-state index contributed by atoms with van der Waals surface area (Å²) < 4.78 is 20.4. The van der Waals surface area contributed by atoms with Crippen LogP contribution >= 0.6 is 0 Å². The molecule has 13 heavy (non-hydrogen) atoms. The summed E-state index contributed by atoms with van der Waals surface area (Å²) >= 11 is 0. The van der Waals surface area contributed by atoms with Gasteiger partial charge in [-0.05, 0) is 0 Å². The summed E-state index contributed by atoms with van der Waals surface area (Å²) in [5.41, 5.74) is 0. The molecule has 5 nitrogen and oxygen atoms in total. The molecule has 0 aliphatic carbocycles. The lowest BCUT2D eigenvalue weighted by Gasteiger charge is -2.27. The highest BCUT2D eigenvalue weighted by atomic mass is 16.7. The third-order valence-electron chi connectivity index (χ3n) is 2.43. The van der Waals surface area contributed by atoms with Crippen molar-refractivity contribution in [2.24, 2.45) is 0 Å². The molecule has 0 unspecified atom stereocenters. The van der Waals surface area contributed by atoms with Crippen molar-refractivity contribution >= 4 is 5.97 Å². The van der Waals surface area contributed by atoms with Crippen molar-refractivity contribution in [1.29, 1.82) is 0 Å². The third-order valence-corrected chi connectivity index (χ3v) is 2.43. The van der Waals surface area contributed by atoms with Crippen LogP contribution in [0, 0.1) is 0 Å². The summed E-state index contributed by atoms with van der Waals surface area (Å²) in [6, 6.07) is 0. The lowest BCUT2D eigenvalue weighted by Crippen LogP contribution is -2.43. The van der Waals surface area contributed by atoms with Crippen molar-refractivity contribution in [2.75, 3.05) is 14.2 Å². The quantitative estimate of drug-likeness (QED) is 0.556. The van der Waals surface area contributed by atoms with Crippen LogP contribution in [0.4, 0.5) is 0 Å². The molecular weight excluding hydrogens is 176 g/mol. The van der Waals surface area contributed by atoms with E-state index in [4.69, 9.17) is 18.9 Å². The van der Waals surface area contributed by atoms with Crippen LogP contribution in [0.3, 0.4) is 0 Å². The molecule has 0 N–H and O–H groups in total. The fraction of sp³-hybridized carbons (Fsp3) is 0.875. The van der Waals surface area contributed by atoms with E-state index in [0.717, 1.165) is 0 Å². The number of methoxy groups -OCH3 is 2. The maximum atomic E-state index is 11.3. The van der Waals surface area contributed by atoms with E-state index in [-0.39, 0.29) is 12.2 Å². The van der Waals surface area contributed by atoms with Crippen LogP contribution in [0.5, 0.6) is 0 Å². The van der Waals surface area contributed by atoms with Gasteiger partial charge in [0.1, 0.15) is 6.10 Å². The molecule has 0 spiro atoms. The van der Waals surface area contributed by atoms with Crippen molar-refractivity contribution in [3.05, 3.63) is 0 Å². The van der Waals surface area contributed by atoms with Gasteiger partial charge in [-0.15, -0.1) is 0 Å². The summed E-state index contributed by atoms with van der Waals surface area (Å²) in [7, 11) is 3.05. The van der Waals surface area contributed by atoms with Crippen molar-refractivity contribution < 1.29 is 23.7 Å². The van der Waals surface area contributed by atoms with Gasteiger partial charge in [-0.3, -0.25) is 0 Å². The van der Waals surface area contributed by atoms with E-state index in [0.29, 0.717) is 6.42 Å². The third kappa shape index (κ3) is 1.33. The van der Waals surface area contributed by atoms with Crippen LogP contribution in [-0.4, -0.2) is 44.8 Å². The number of carbonyl (C=O) groups is 1. The Morgan fingerprint density at radius 3 is 2.77 bits per heavy atom. The number of cyclic esters (lactones) is 1. The number of hydrogen-bond donors (Lipinski definition) is 0. The Balaban J connectivity index is 2.12. The van der Waals surface area contributed by atoms with Crippen LogP contribution in [0.15, 0.2) is 0 Å². The first-order valence-corrected chi connectivity index (χ1v) is 4.18. The molecule has 2 heterocycles. The van der Waals surface area contributed by atoms with E-state index in [9.17, 15) is 4.79 Å². The molecule has 2 aliphatic rings. The molecule has 4 atom stereocenters. The molecule has 2 saturated heterocycles. The minimum atomic E-state index is -0.580.